The normalized spacial score (nSPS) is 10.2. The highest BCUT2D eigenvalue weighted by Gasteiger charge is 2.13. The van der Waals surface area contributed by atoms with Gasteiger partial charge in [-0.05, 0) is 17.7 Å². The lowest BCUT2D eigenvalue weighted by molar-refractivity contribution is 0.0951. The van der Waals surface area contributed by atoms with Crippen LogP contribution >= 0.6 is 23.2 Å². The number of nitrogens with zero attached hydrogens (tertiary/aromatic N) is 1. The molecular weight excluding hydrogens is 299 g/mol. The van der Waals surface area contributed by atoms with Crippen molar-refractivity contribution in [2.24, 2.45) is 0 Å². The van der Waals surface area contributed by atoms with Gasteiger partial charge in [0.15, 0.2) is 0 Å². The number of amides is 1. The number of halogens is 2. The van der Waals surface area contributed by atoms with Gasteiger partial charge in [0, 0.05) is 18.8 Å². The number of pyridine rings is 1. The Morgan fingerprint density at radius 1 is 1.25 bits per heavy atom. The van der Waals surface area contributed by atoms with Crippen molar-refractivity contribution in [3.8, 4) is 5.88 Å². The number of benzene rings is 1. The molecule has 1 N–H and O–H groups in total. The molecule has 1 amide bonds. The third kappa shape index (κ3) is 3.40. The Kier molecular flexibility index (Phi) is 4.82. The summed E-state index contributed by atoms with van der Waals surface area (Å²) in [5, 5.41) is 3.39. The highest BCUT2D eigenvalue weighted by molar-refractivity contribution is 6.39. The molecule has 0 aliphatic heterocycles. The van der Waals surface area contributed by atoms with Crippen LogP contribution in [0.3, 0.4) is 0 Å². The van der Waals surface area contributed by atoms with Gasteiger partial charge in [-0.15, -0.1) is 0 Å². The minimum atomic E-state index is -0.323. The van der Waals surface area contributed by atoms with Crippen molar-refractivity contribution in [2.45, 2.75) is 6.54 Å². The van der Waals surface area contributed by atoms with Crippen LogP contribution in [-0.2, 0) is 6.54 Å². The fourth-order valence-electron chi connectivity index (χ4n) is 1.62. The zero-order valence-corrected chi connectivity index (χ0v) is 12.2. The summed E-state index contributed by atoms with van der Waals surface area (Å²) in [5.74, 6) is 0.200. The lowest BCUT2D eigenvalue weighted by Crippen LogP contribution is -2.23. The van der Waals surface area contributed by atoms with Crippen molar-refractivity contribution in [1.82, 2.24) is 10.3 Å². The maximum Gasteiger partial charge on any atom is 0.254 e. The van der Waals surface area contributed by atoms with Gasteiger partial charge in [0.2, 0.25) is 5.88 Å². The van der Waals surface area contributed by atoms with Gasteiger partial charge < -0.3 is 10.1 Å². The average molecular weight is 311 g/mol. The number of aromatic nitrogens is 1. The van der Waals surface area contributed by atoms with Crippen molar-refractivity contribution in [3.05, 3.63) is 57.7 Å². The molecule has 1 aromatic heterocycles. The van der Waals surface area contributed by atoms with Gasteiger partial charge in [-0.2, -0.15) is 0 Å². The second kappa shape index (κ2) is 6.59. The smallest absolute Gasteiger partial charge is 0.254 e. The molecule has 104 valence electrons. The SMILES string of the molecule is COc1ccc(CNC(=O)c2c(Cl)cccc2Cl)cn1. The number of nitrogens with one attached hydrogen (secondary N) is 1. The molecule has 0 aliphatic rings. The monoisotopic (exact) mass is 310 g/mol. The van der Waals surface area contributed by atoms with Crippen molar-refractivity contribution >= 4 is 29.1 Å². The number of carbonyl (C=O) groups excluding carboxylic acids is 1. The average Bonchev–Trinajstić information content (AvgIpc) is 2.45. The van der Waals surface area contributed by atoms with E-state index in [2.05, 4.69) is 10.3 Å². The van der Waals surface area contributed by atoms with Crippen LogP contribution in [0, 0.1) is 0 Å². The van der Waals surface area contributed by atoms with Crippen LogP contribution in [0.4, 0.5) is 0 Å². The van der Waals surface area contributed by atoms with Crippen LogP contribution in [0.5, 0.6) is 5.88 Å². The predicted molar refractivity (Wildman–Crippen MR) is 78.4 cm³/mol. The van der Waals surface area contributed by atoms with Crippen LogP contribution in [0.2, 0.25) is 10.0 Å². The summed E-state index contributed by atoms with van der Waals surface area (Å²) in [5.41, 5.74) is 1.12. The molecule has 0 atom stereocenters. The van der Waals surface area contributed by atoms with Crippen LogP contribution < -0.4 is 10.1 Å². The third-order valence-corrected chi connectivity index (χ3v) is 3.28. The Morgan fingerprint density at radius 3 is 2.50 bits per heavy atom. The first-order valence-electron chi connectivity index (χ1n) is 5.83. The van der Waals surface area contributed by atoms with E-state index in [0.29, 0.717) is 22.5 Å². The molecule has 0 saturated heterocycles. The fourth-order valence-corrected chi connectivity index (χ4v) is 2.19. The van der Waals surface area contributed by atoms with E-state index >= 15 is 0 Å². The lowest BCUT2D eigenvalue weighted by atomic mass is 10.2. The molecule has 0 unspecified atom stereocenters. The highest BCUT2D eigenvalue weighted by Crippen LogP contribution is 2.24. The molecule has 6 heteroatoms. The third-order valence-electron chi connectivity index (χ3n) is 2.65. The number of ether oxygens (including phenoxy) is 1. The first-order chi connectivity index (χ1) is 9.61. The number of hydrogen-bond donors (Lipinski definition) is 1. The molecule has 2 aromatic rings. The maximum absolute atomic E-state index is 12.1. The topological polar surface area (TPSA) is 51.2 Å². The zero-order valence-electron chi connectivity index (χ0n) is 10.7. The molecule has 0 aliphatic carbocycles. The van der Waals surface area contributed by atoms with E-state index in [-0.39, 0.29) is 11.5 Å². The van der Waals surface area contributed by atoms with Gasteiger partial charge >= 0.3 is 0 Å². The van der Waals surface area contributed by atoms with Gasteiger partial charge in [0.25, 0.3) is 5.91 Å². The number of hydrogen-bond acceptors (Lipinski definition) is 3. The summed E-state index contributed by atoms with van der Waals surface area (Å²) in [7, 11) is 1.54. The molecule has 1 heterocycles. The molecule has 4 nitrogen and oxygen atoms in total. The lowest BCUT2D eigenvalue weighted by Gasteiger charge is -2.08. The zero-order chi connectivity index (χ0) is 14.5. The Morgan fingerprint density at radius 2 is 1.95 bits per heavy atom. The van der Waals surface area contributed by atoms with Crippen LogP contribution in [0.15, 0.2) is 36.5 Å². The van der Waals surface area contributed by atoms with E-state index in [0.717, 1.165) is 5.56 Å². The Balaban J connectivity index is 2.05. The van der Waals surface area contributed by atoms with E-state index in [1.165, 1.54) is 0 Å². The van der Waals surface area contributed by atoms with Crippen LogP contribution in [0.1, 0.15) is 15.9 Å². The second-order valence-electron chi connectivity index (χ2n) is 3.99. The van der Waals surface area contributed by atoms with E-state index in [9.17, 15) is 4.79 Å². The van der Waals surface area contributed by atoms with Crippen molar-refractivity contribution in [2.75, 3.05) is 7.11 Å². The van der Waals surface area contributed by atoms with Gasteiger partial charge in [0.05, 0.1) is 22.7 Å². The fraction of sp³-hybridized carbons (Fsp3) is 0.143. The first kappa shape index (κ1) is 14.6. The molecule has 1 aromatic carbocycles. The van der Waals surface area contributed by atoms with Crippen LogP contribution in [0.25, 0.3) is 0 Å². The molecular formula is C14H12Cl2N2O2. The molecule has 0 bridgehead atoms. The van der Waals surface area contributed by atoms with Gasteiger partial charge in [-0.25, -0.2) is 4.98 Å². The van der Waals surface area contributed by atoms with E-state index in [4.69, 9.17) is 27.9 Å². The first-order valence-corrected chi connectivity index (χ1v) is 6.58. The number of methoxy groups -OCH3 is 1. The molecule has 2 rings (SSSR count). The largest absolute Gasteiger partial charge is 0.481 e. The summed E-state index contributed by atoms with van der Waals surface area (Å²) in [6.45, 7) is 0.331. The summed E-state index contributed by atoms with van der Waals surface area (Å²) < 4.78 is 4.96. The van der Waals surface area contributed by atoms with Crippen molar-refractivity contribution in [3.63, 3.8) is 0 Å². The van der Waals surface area contributed by atoms with E-state index in [1.54, 1.807) is 37.6 Å². The van der Waals surface area contributed by atoms with Gasteiger partial charge in [-0.3, -0.25) is 4.79 Å². The Labute approximate surface area is 126 Å². The quantitative estimate of drug-likeness (QED) is 0.942. The van der Waals surface area contributed by atoms with E-state index < -0.39 is 0 Å². The second-order valence-corrected chi connectivity index (χ2v) is 4.80. The highest BCUT2D eigenvalue weighted by atomic mass is 35.5. The Hall–Kier alpha value is -1.78. The van der Waals surface area contributed by atoms with E-state index in [1.807, 2.05) is 6.07 Å². The standard InChI is InChI=1S/C14H12Cl2N2O2/c1-20-12-6-5-9(7-17-12)8-18-14(19)13-10(15)3-2-4-11(13)16/h2-7H,8H2,1H3,(H,18,19). The van der Waals surface area contributed by atoms with Gasteiger partial charge in [0.1, 0.15) is 0 Å². The summed E-state index contributed by atoms with van der Waals surface area (Å²) >= 11 is 11.9. The summed E-state index contributed by atoms with van der Waals surface area (Å²) in [4.78, 5) is 16.1. The minimum absolute atomic E-state index is 0.275. The number of rotatable bonds is 4. The minimum Gasteiger partial charge on any atom is -0.481 e. The molecule has 20 heavy (non-hydrogen) atoms. The molecule has 0 spiro atoms. The molecule has 0 fully saturated rings. The summed E-state index contributed by atoms with van der Waals surface area (Å²) in [6, 6.07) is 8.48. The maximum atomic E-state index is 12.1. The van der Waals surface area contributed by atoms with Gasteiger partial charge in [-0.1, -0.05) is 35.3 Å². The van der Waals surface area contributed by atoms with Crippen LogP contribution in [-0.4, -0.2) is 18.0 Å². The predicted octanol–water partition coefficient (Wildman–Crippen LogP) is 3.33. The molecule has 0 radical (unpaired) electrons. The molecule has 0 saturated carbocycles. The van der Waals surface area contributed by atoms with Crippen molar-refractivity contribution < 1.29 is 9.53 Å². The number of carbonyl (C=O) groups is 1. The van der Waals surface area contributed by atoms with Crippen molar-refractivity contribution in [1.29, 1.82) is 0 Å². The Bertz CT molecular complexity index is 595. The summed E-state index contributed by atoms with van der Waals surface area (Å²) in [6.07, 6.45) is 1.63.